The maximum Gasteiger partial charge on any atom is 0.308 e. The van der Waals surface area contributed by atoms with E-state index in [-0.39, 0.29) is 37.1 Å². The van der Waals surface area contributed by atoms with Crippen molar-refractivity contribution in [2.75, 3.05) is 27.2 Å². The first-order valence-electron chi connectivity index (χ1n) is 15.8. The van der Waals surface area contributed by atoms with Gasteiger partial charge in [0.05, 0.1) is 6.42 Å². The van der Waals surface area contributed by atoms with Crippen molar-refractivity contribution in [3.05, 3.63) is 0 Å². The second kappa shape index (κ2) is 16.0. The Morgan fingerprint density at radius 3 is 2.07 bits per heavy atom. The third-order valence-electron chi connectivity index (χ3n) is 8.99. The van der Waals surface area contributed by atoms with Crippen LogP contribution in [-0.4, -0.2) is 108 Å². The minimum Gasteiger partial charge on any atom is -0.452 e. The molecule has 0 bridgehead atoms. The zero-order chi connectivity index (χ0) is 32.6. The summed E-state index contributed by atoms with van der Waals surface area (Å²) in [5, 5.41) is 5.60. The van der Waals surface area contributed by atoms with Crippen LogP contribution in [0.1, 0.15) is 87.0 Å². The van der Waals surface area contributed by atoms with E-state index in [0.29, 0.717) is 32.2 Å². The Hall–Kier alpha value is -3.18. The van der Waals surface area contributed by atoms with Gasteiger partial charge in [-0.15, -0.1) is 0 Å². The Balaban J connectivity index is 2.56. The standard InChI is InChI=1S/C31H53N5O7/c1-10-19(5)25-30(41)35(9)26(20(6)11-2)31(42)34(8)21(7)27(38)32-15-14-24(37)43-23(17-18(3)4)29(40)36-16-12-13-22(36)28(39)33-25/h18-23,25-26H,10-17H2,1-9H3,(H,32,38)(H,33,39). The Morgan fingerprint density at radius 1 is 0.860 bits per heavy atom. The number of esters is 1. The summed E-state index contributed by atoms with van der Waals surface area (Å²) in [6.45, 7) is 13.3. The second-order valence-electron chi connectivity index (χ2n) is 12.6. The average Bonchev–Trinajstić information content (AvgIpc) is 3.46. The zero-order valence-corrected chi connectivity index (χ0v) is 27.5. The van der Waals surface area contributed by atoms with E-state index in [4.69, 9.17) is 4.74 Å². The number of amides is 5. The molecule has 0 radical (unpaired) electrons. The van der Waals surface area contributed by atoms with Gasteiger partial charge < -0.3 is 30.1 Å². The molecule has 0 spiro atoms. The summed E-state index contributed by atoms with van der Waals surface area (Å²) in [7, 11) is 3.08. The molecule has 12 heteroatoms. The largest absolute Gasteiger partial charge is 0.452 e. The van der Waals surface area contributed by atoms with Gasteiger partial charge in [-0.25, -0.2) is 0 Å². The summed E-state index contributed by atoms with van der Waals surface area (Å²) >= 11 is 0. The first-order chi connectivity index (χ1) is 20.2. The quantitative estimate of drug-likeness (QED) is 0.437. The molecular weight excluding hydrogens is 554 g/mol. The lowest BCUT2D eigenvalue weighted by molar-refractivity contribution is -0.162. The number of carbonyl (C=O) groups is 6. The third kappa shape index (κ3) is 8.92. The molecule has 2 N–H and O–H groups in total. The molecule has 12 nitrogen and oxygen atoms in total. The molecule has 244 valence electrons. The van der Waals surface area contributed by atoms with Crippen molar-refractivity contribution in [1.29, 1.82) is 0 Å². The van der Waals surface area contributed by atoms with Crippen molar-refractivity contribution in [1.82, 2.24) is 25.3 Å². The lowest BCUT2D eigenvalue weighted by Gasteiger charge is -2.38. The van der Waals surface area contributed by atoms with E-state index in [1.165, 1.54) is 21.7 Å². The van der Waals surface area contributed by atoms with E-state index in [2.05, 4.69) is 10.6 Å². The van der Waals surface area contributed by atoms with Crippen LogP contribution in [0.3, 0.4) is 0 Å². The van der Waals surface area contributed by atoms with Crippen LogP contribution in [0.25, 0.3) is 0 Å². The zero-order valence-electron chi connectivity index (χ0n) is 27.5. The normalized spacial score (nSPS) is 28.9. The van der Waals surface area contributed by atoms with Gasteiger partial charge in [-0.05, 0) is 43.9 Å². The molecule has 2 aliphatic rings. The third-order valence-corrected chi connectivity index (χ3v) is 8.99. The van der Waals surface area contributed by atoms with Crippen LogP contribution in [0.5, 0.6) is 0 Å². The van der Waals surface area contributed by atoms with Crippen LogP contribution in [0.4, 0.5) is 0 Å². The van der Waals surface area contributed by atoms with Crippen molar-refractivity contribution in [3.63, 3.8) is 0 Å². The predicted octanol–water partition coefficient (Wildman–Crippen LogP) is 1.71. The summed E-state index contributed by atoms with van der Waals surface area (Å²) in [6.07, 6.45) is 1.24. The number of hydrogen-bond acceptors (Lipinski definition) is 7. The van der Waals surface area contributed by atoms with Crippen LogP contribution < -0.4 is 10.6 Å². The molecule has 0 aromatic carbocycles. The number of cyclic esters (lactones) is 1. The number of nitrogens with zero attached hydrogens (tertiary/aromatic N) is 3. The number of hydrogen-bond donors (Lipinski definition) is 2. The van der Waals surface area contributed by atoms with Gasteiger partial charge in [0.2, 0.25) is 23.6 Å². The second-order valence-corrected chi connectivity index (χ2v) is 12.6. The monoisotopic (exact) mass is 607 g/mol. The molecule has 2 rings (SSSR count). The molecule has 43 heavy (non-hydrogen) atoms. The van der Waals surface area contributed by atoms with Crippen LogP contribution in [0.15, 0.2) is 0 Å². The first kappa shape index (κ1) is 36.0. The SMILES string of the molecule is CCC(C)C1NC(=O)C2CCCN2C(=O)C(CC(C)C)OC(=O)CCNC(=O)C(C)N(C)C(=O)C(C(C)CC)N(C)C1=O. The number of fused-ring (bicyclic) bond motifs is 1. The molecule has 0 saturated carbocycles. The maximum absolute atomic E-state index is 14.0. The van der Waals surface area contributed by atoms with E-state index < -0.39 is 65.8 Å². The number of carbonyl (C=O) groups excluding carboxylic acids is 6. The van der Waals surface area contributed by atoms with Crippen LogP contribution >= 0.6 is 0 Å². The smallest absolute Gasteiger partial charge is 0.308 e. The van der Waals surface area contributed by atoms with Gasteiger partial charge in [0.25, 0.3) is 5.91 Å². The Bertz CT molecular complexity index is 1030. The van der Waals surface area contributed by atoms with E-state index in [9.17, 15) is 28.8 Å². The average molecular weight is 608 g/mol. The lowest BCUT2D eigenvalue weighted by atomic mass is 9.92. The van der Waals surface area contributed by atoms with Gasteiger partial charge in [-0.2, -0.15) is 0 Å². The fraction of sp³-hybridized carbons (Fsp3) is 0.806. The van der Waals surface area contributed by atoms with E-state index in [1.807, 2.05) is 41.5 Å². The molecule has 2 saturated heterocycles. The Morgan fingerprint density at radius 2 is 1.49 bits per heavy atom. The van der Waals surface area contributed by atoms with Gasteiger partial charge in [0, 0.05) is 27.2 Å². The summed E-state index contributed by atoms with van der Waals surface area (Å²) in [5.74, 6) is -3.27. The molecule has 5 amide bonds. The topological polar surface area (TPSA) is 145 Å². The van der Waals surface area contributed by atoms with Crippen molar-refractivity contribution < 1.29 is 33.5 Å². The fourth-order valence-corrected chi connectivity index (χ4v) is 5.65. The van der Waals surface area contributed by atoms with Gasteiger partial charge >= 0.3 is 5.97 Å². The van der Waals surface area contributed by atoms with Crippen LogP contribution in [0, 0.1) is 17.8 Å². The highest BCUT2D eigenvalue weighted by molar-refractivity contribution is 5.96. The Kier molecular flexibility index (Phi) is 13.4. The van der Waals surface area contributed by atoms with Crippen molar-refractivity contribution in [2.45, 2.75) is 117 Å². The van der Waals surface area contributed by atoms with E-state index >= 15 is 0 Å². The fourth-order valence-electron chi connectivity index (χ4n) is 5.65. The predicted molar refractivity (Wildman–Crippen MR) is 161 cm³/mol. The van der Waals surface area contributed by atoms with E-state index in [1.54, 1.807) is 14.0 Å². The van der Waals surface area contributed by atoms with Crippen molar-refractivity contribution >= 4 is 35.5 Å². The lowest BCUT2D eigenvalue weighted by Crippen LogP contribution is -2.61. The van der Waals surface area contributed by atoms with Gasteiger partial charge in [0.15, 0.2) is 6.10 Å². The Labute approximate surface area is 256 Å². The van der Waals surface area contributed by atoms with Crippen molar-refractivity contribution in [3.8, 4) is 0 Å². The molecule has 2 heterocycles. The summed E-state index contributed by atoms with van der Waals surface area (Å²) in [6, 6.07) is -3.50. The number of ether oxygens (including phenoxy) is 1. The van der Waals surface area contributed by atoms with Crippen LogP contribution in [0.2, 0.25) is 0 Å². The van der Waals surface area contributed by atoms with E-state index in [0.717, 1.165) is 0 Å². The molecule has 0 aliphatic carbocycles. The summed E-state index contributed by atoms with van der Waals surface area (Å²) in [4.78, 5) is 85.1. The molecule has 7 atom stereocenters. The van der Waals surface area contributed by atoms with Gasteiger partial charge in [0.1, 0.15) is 24.2 Å². The van der Waals surface area contributed by atoms with Crippen molar-refractivity contribution in [2.24, 2.45) is 17.8 Å². The highest BCUT2D eigenvalue weighted by atomic mass is 16.5. The molecular formula is C31H53N5O7. The number of likely N-dealkylation sites (N-methyl/N-ethyl adjacent to an activating group) is 2. The molecule has 0 aromatic heterocycles. The highest BCUT2D eigenvalue weighted by Crippen LogP contribution is 2.24. The molecule has 0 aromatic rings. The maximum atomic E-state index is 14.0. The molecule has 7 unspecified atom stereocenters. The van der Waals surface area contributed by atoms with Crippen LogP contribution in [-0.2, 0) is 33.5 Å². The highest BCUT2D eigenvalue weighted by Gasteiger charge is 2.43. The number of rotatable bonds is 6. The summed E-state index contributed by atoms with van der Waals surface area (Å²) in [5.41, 5.74) is 0. The van der Waals surface area contributed by atoms with Gasteiger partial charge in [-0.3, -0.25) is 28.8 Å². The molecule has 2 fully saturated rings. The minimum absolute atomic E-state index is 0.0354. The summed E-state index contributed by atoms with van der Waals surface area (Å²) < 4.78 is 5.60. The molecule has 2 aliphatic heterocycles. The first-order valence-corrected chi connectivity index (χ1v) is 15.8. The number of nitrogens with one attached hydrogen (secondary N) is 2. The van der Waals surface area contributed by atoms with Gasteiger partial charge in [-0.1, -0.05) is 54.4 Å². The minimum atomic E-state index is -1.07.